The molecule has 1 atom stereocenters. The molecule has 1 aliphatic heterocycles. The van der Waals surface area contributed by atoms with E-state index in [4.69, 9.17) is 16.7 Å². The molecule has 2 amide bonds. The van der Waals surface area contributed by atoms with Crippen LogP contribution >= 0.6 is 11.6 Å². The summed E-state index contributed by atoms with van der Waals surface area (Å²) in [6.07, 6.45) is 2.23. The fraction of sp³-hybridized carbons (Fsp3) is 0.438. The van der Waals surface area contributed by atoms with Gasteiger partial charge in [-0.3, -0.25) is 9.59 Å². The van der Waals surface area contributed by atoms with Gasteiger partial charge in [0.1, 0.15) is 6.04 Å². The number of hydrogen-bond acceptors (Lipinski definition) is 3. The molecule has 1 heterocycles. The second-order valence-electron chi connectivity index (χ2n) is 5.47. The van der Waals surface area contributed by atoms with Crippen LogP contribution in [0.3, 0.4) is 0 Å². The van der Waals surface area contributed by atoms with E-state index in [1.807, 2.05) is 6.92 Å². The van der Waals surface area contributed by atoms with E-state index in [1.165, 1.54) is 6.07 Å². The predicted octanol–water partition coefficient (Wildman–Crippen LogP) is 2.45. The molecule has 0 saturated carbocycles. The molecular formula is C16H19ClN2O4. The molecule has 1 fully saturated rings. The Kier molecular flexibility index (Phi) is 5.60. The zero-order valence-corrected chi connectivity index (χ0v) is 13.6. The molecule has 0 spiro atoms. The van der Waals surface area contributed by atoms with E-state index in [0.29, 0.717) is 31.5 Å². The molecule has 1 aliphatic rings. The third-order valence-electron chi connectivity index (χ3n) is 3.76. The first-order valence-electron chi connectivity index (χ1n) is 7.57. The Morgan fingerprint density at radius 2 is 2.17 bits per heavy atom. The molecule has 0 aliphatic carbocycles. The Hall–Kier alpha value is -2.08. The van der Waals surface area contributed by atoms with Gasteiger partial charge in [0.25, 0.3) is 5.91 Å². The summed E-state index contributed by atoms with van der Waals surface area (Å²) in [7, 11) is 0. The van der Waals surface area contributed by atoms with E-state index in [0.717, 1.165) is 6.42 Å². The summed E-state index contributed by atoms with van der Waals surface area (Å²) in [6, 6.07) is 3.81. The van der Waals surface area contributed by atoms with Crippen molar-refractivity contribution in [3.8, 4) is 0 Å². The fourth-order valence-electron chi connectivity index (χ4n) is 2.56. The van der Waals surface area contributed by atoms with Crippen molar-refractivity contribution in [3.63, 3.8) is 0 Å². The van der Waals surface area contributed by atoms with Gasteiger partial charge in [0.05, 0.1) is 10.6 Å². The maximum Gasteiger partial charge on any atom is 0.326 e. The number of hydrogen-bond donors (Lipinski definition) is 2. The van der Waals surface area contributed by atoms with E-state index >= 15 is 0 Å². The Bertz CT molecular complexity index is 633. The summed E-state index contributed by atoms with van der Waals surface area (Å²) in [5, 5.41) is 11.8. The first-order chi connectivity index (χ1) is 10.9. The molecule has 124 valence electrons. The third-order valence-corrected chi connectivity index (χ3v) is 4.09. The van der Waals surface area contributed by atoms with Gasteiger partial charge in [0, 0.05) is 18.7 Å². The van der Waals surface area contributed by atoms with E-state index in [-0.39, 0.29) is 16.5 Å². The van der Waals surface area contributed by atoms with Crippen molar-refractivity contribution in [1.29, 1.82) is 0 Å². The van der Waals surface area contributed by atoms with E-state index in [1.54, 1.807) is 17.0 Å². The Labute approximate surface area is 139 Å². The van der Waals surface area contributed by atoms with Crippen LogP contribution in [0.1, 0.15) is 43.0 Å². The van der Waals surface area contributed by atoms with Crippen LogP contribution in [-0.4, -0.2) is 35.5 Å². The van der Waals surface area contributed by atoms with Crippen molar-refractivity contribution in [2.45, 2.75) is 38.6 Å². The first kappa shape index (κ1) is 17.3. The number of halogens is 1. The second-order valence-corrected chi connectivity index (χ2v) is 5.87. The highest BCUT2D eigenvalue weighted by atomic mass is 35.5. The van der Waals surface area contributed by atoms with Gasteiger partial charge in [-0.25, -0.2) is 4.79 Å². The quantitative estimate of drug-likeness (QED) is 0.834. The summed E-state index contributed by atoms with van der Waals surface area (Å²) in [6.45, 7) is 2.45. The van der Waals surface area contributed by atoms with Gasteiger partial charge in [0.15, 0.2) is 0 Å². The smallest absolute Gasteiger partial charge is 0.326 e. The van der Waals surface area contributed by atoms with Crippen LogP contribution in [0.15, 0.2) is 18.2 Å². The lowest BCUT2D eigenvalue weighted by atomic mass is 10.1. The molecule has 1 unspecified atom stereocenters. The maximum atomic E-state index is 12.3. The highest BCUT2D eigenvalue weighted by Gasteiger charge is 2.25. The number of nitrogens with one attached hydrogen (secondary N) is 1. The van der Waals surface area contributed by atoms with Gasteiger partial charge in [0.2, 0.25) is 5.91 Å². The topological polar surface area (TPSA) is 86.7 Å². The van der Waals surface area contributed by atoms with Crippen LogP contribution in [0.25, 0.3) is 0 Å². The van der Waals surface area contributed by atoms with Crippen molar-refractivity contribution in [2.75, 3.05) is 11.4 Å². The molecule has 0 radical (unpaired) electrons. The lowest BCUT2D eigenvalue weighted by Crippen LogP contribution is -2.40. The van der Waals surface area contributed by atoms with Crippen molar-refractivity contribution < 1.29 is 19.5 Å². The Balaban J connectivity index is 2.22. The van der Waals surface area contributed by atoms with Gasteiger partial charge in [-0.15, -0.1) is 0 Å². The minimum Gasteiger partial charge on any atom is -0.480 e. The molecule has 6 nitrogen and oxygen atoms in total. The molecule has 7 heteroatoms. The van der Waals surface area contributed by atoms with Crippen LogP contribution in [-0.2, 0) is 9.59 Å². The van der Waals surface area contributed by atoms with E-state index in [9.17, 15) is 14.4 Å². The molecule has 1 saturated heterocycles. The van der Waals surface area contributed by atoms with Gasteiger partial charge < -0.3 is 15.3 Å². The zero-order chi connectivity index (χ0) is 17.0. The highest BCUT2D eigenvalue weighted by Crippen LogP contribution is 2.26. The summed E-state index contributed by atoms with van der Waals surface area (Å²) in [5.74, 6) is -1.63. The average molecular weight is 339 g/mol. The van der Waals surface area contributed by atoms with Crippen LogP contribution in [0, 0.1) is 0 Å². The van der Waals surface area contributed by atoms with Gasteiger partial charge in [-0.05, 0) is 31.0 Å². The second kappa shape index (κ2) is 7.46. The van der Waals surface area contributed by atoms with Crippen LogP contribution in [0.5, 0.6) is 0 Å². The average Bonchev–Trinajstić information content (AvgIpc) is 2.93. The molecule has 2 rings (SSSR count). The normalized spacial score (nSPS) is 15.6. The standard InChI is InChI=1S/C16H19ClN2O4/c1-2-4-13(16(22)23)18-15(21)11-9-10(6-7-12(11)17)19-8-3-5-14(19)20/h6-7,9,13H,2-5,8H2,1H3,(H,18,21)(H,22,23). The van der Waals surface area contributed by atoms with Crippen LogP contribution in [0.2, 0.25) is 5.02 Å². The number of amides is 2. The van der Waals surface area contributed by atoms with Crippen molar-refractivity contribution >= 4 is 35.1 Å². The summed E-state index contributed by atoms with van der Waals surface area (Å²) >= 11 is 6.06. The fourth-order valence-corrected chi connectivity index (χ4v) is 2.76. The highest BCUT2D eigenvalue weighted by molar-refractivity contribution is 6.34. The monoisotopic (exact) mass is 338 g/mol. The Morgan fingerprint density at radius 1 is 1.43 bits per heavy atom. The SMILES string of the molecule is CCCC(NC(=O)c1cc(N2CCCC2=O)ccc1Cl)C(=O)O. The number of carboxylic acid groups (broad SMARTS) is 1. The predicted molar refractivity (Wildman–Crippen MR) is 86.8 cm³/mol. The summed E-state index contributed by atoms with van der Waals surface area (Å²) in [5.41, 5.74) is 0.774. The lowest BCUT2D eigenvalue weighted by molar-refractivity contribution is -0.139. The zero-order valence-electron chi connectivity index (χ0n) is 12.8. The van der Waals surface area contributed by atoms with Crippen LogP contribution in [0.4, 0.5) is 5.69 Å². The maximum absolute atomic E-state index is 12.3. The number of carbonyl (C=O) groups is 3. The molecular weight excluding hydrogens is 320 g/mol. The molecule has 1 aromatic rings. The van der Waals surface area contributed by atoms with E-state index in [2.05, 4.69) is 5.32 Å². The number of aliphatic carboxylic acids is 1. The molecule has 2 N–H and O–H groups in total. The van der Waals surface area contributed by atoms with Gasteiger partial charge in [-0.2, -0.15) is 0 Å². The number of nitrogens with zero attached hydrogens (tertiary/aromatic N) is 1. The number of carbonyl (C=O) groups excluding carboxylic acids is 2. The first-order valence-corrected chi connectivity index (χ1v) is 7.95. The molecule has 23 heavy (non-hydrogen) atoms. The van der Waals surface area contributed by atoms with Gasteiger partial charge >= 0.3 is 5.97 Å². The number of benzene rings is 1. The minimum atomic E-state index is -1.08. The van der Waals surface area contributed by atoms with Crippen molar-refractivity contribution in [1.82, 2.24) is 5.32 Å². The van der Waals surface area contributed by atoms with Crippen LogP contribution < -0.4 is 10.2 Å². The number of rotatable bonds is 6. The third kappa shape index (κ3) is 4.01. The van der Waals surface area contributed by atoms with Crippen molar-refractivity contribution in [3.05, 3.63) is 28.8 Å². The Morgan fingerprint density at radius 3 is 2.74 bits per heavy atom. The summed E-state index contributed by atoms with van der Waals surface area (Å²) < 4.78 is 0. The largest absolute Gasteiger partial charge is 0.480 e. The minimum absolute atomic E-state index is 0.00748. The molecule has 0 aromatic heterocycles. The number of carboxylic acids is 1. The molecule has 0 bridgehead atoms. The molecule has 1 aromatic carbocycles. The lowest BCUT2D eigenvalue weighted by Gasteiger charge is -2.18. The van der Waals surface area contributed by atoms with Gasteiger partial charge in [-0.1, -0.05) is 24.9 Å². The van der Waals surface area contributed by atoms with E-state index < -0.39 is 17.9 Å². The summed E-state index contributed by atoms with van der Waals surface area (Å²) in [4.78, 5) is 36.9. The van der Waals surface area contributed by atoms with Crippen molar-refractivity contribution in [2.24, 2.45) is 0 Å². The number of anilines is 1.